The fourth-order valence-corrected chi connectivity index (χ4v) is 4.77. The van der Waals surface area contributed by atoms with Crippen LogP contribution in [0.2, 0.25) is 5.02 Å². The Hall–Kier alpha value is -1.99. The van der Waals surface area contributed by atoms with Gasteiger partial charge < -0.3 is 9.63 Å². The van der Waals surface area contributed by atoms with Crippen LogP contribution in [0.4, 0.5) is 0 Å². The normalized spacial score (nSPS) is 23.9. The highest BCUT2D eigenvalue weighted by Crippen LogP contribution is 2.40. The van der Waals surface area contributed by atoms with E-state index in [1.165, 1.54) is 18.2 Å². The van der Waals surface area contributed by atoms with Gasteiger partial charge in [-0.15, -0.1) is 0 Å². The van der Waals surface area contributed by atoms with E-state index in [4.69, 9.17) is 21.4 Å². The summed E-state index contributed by atoms with van der Waals surface area (Å²) in [5.74, 6) is 0.890. The standard InChI is InChI=1S/C16H15ClN4O4S/c17-13-7-12(4-3-11(13)8-18)26(23,24)21-6-5-16(22,9-21)15-19-14(20-25-15)10-1-2-10/h3-4,7,10,22H,1-2,5-6,9H2/t16-/m1/s1. The van der Waals surface area contributed by atoms with E-state index in [9.17, 15) is 13.5 Å². The van der Waals surface area contributed by atoms with Crippen LogP contribution in [0, 0.1) is 11.3 Å². The summed E-state index contributed by atoms with van der Waals surface area (Å²) in [6, 6.07) is 5.81. The summed E-state index contributed by atoms with van der Waals surface area (Å²) in [4.78, 5) is 4.21. The van der Waals surface area contributed by atoms with Crippen molar-refractivity contribution in [1.82, 2.24) is 14.4 Å². The molecule has 1 saturated carbocycles. The number of halogens is 1. The summed E-state index contributed by atoms with van der Waals surface area (Å²) >= 11 is 5.94. The molecular formula is C16H15ClN4O4S. The van der Waals surface area contributed by atoms with Crippen molar-refractivity contribution < 1.29 is 18.0 Å². The number of aliphatic hydroxyl groups is 1. The molecule has 1 aromatic carbocycles. The quantitative estimate of drug-likeness (QED) is 0.838. The Kier molecular flexibility index (Phi) is 4.04. The number of hydrogen-bond donors (Lipinski definition) is 1. The maximum atomic E-state index is 12.8. The molecule has 1 N–H and O–H groups in total. The van der Waals surface area contributed by atoms with Gasteiger partial charge in [0.15, 0.2) is 11.4 Å². The zero-order valence-corrected chi connectivity index (χ0v) is 15.2. The molecule has 0 amide bonds. The molecule has 1 saturated heterocycles. The van der Waals surface area contributed by atoms with Gasteiger partial charge in [-0.3, -0.25) is 0 Å². The number of nitriles is 1. The predicted molar refractivity (Wildman–Crippen MR) is 89.7 cm³/mol. The van der Waals surface area contributed by atoms with Gasteiger partial charge in [0, 0.05) is 18.9 Å². The average Bonchev–Trinajstić information content (AvgIpc) is 3.18. The molecule has 8 nitrogen and oxygen atoms in total. The molecule has 0 spiro atoms. The van der Waals surface area contributed by atoms with Crippen molar-refractivity contribution in [2.24, 2.45) is 0 Å². The second-order valence-electron chi connectivity index (χ2n) is 6.61. The van der Waals surface area contributed by atoms with Crippen molar-refractivity contribution in [3.8, 4) is 6.07 Å². The Morgan fingerprint density at radius 3 is 2.85 bits per heavy atom. The minimum absolute atomic E-state index is 0.0325. The SMILES string of the molecule is N#Cc1ccc(S(=O)(=O)N2CC[C@](O)(c3nc(C4CC4)no3)C2)cc1Cl. The van der Waals surface area contributed by atoms with Crippen LogP contribution < -0.4 is 0 Å². The first-order chi connectivity index (χ1) is 12.3. The van der Waals surface area contributed by atoms with Crippen molar-refractivity contribution in [2.75, 3.05) is 13.1 Å². The maximum Gasteiger partial charge on any atom is 0.260 e. The van der Waals surface area contributed by atoms with Crippen LogP contribution in [0.1, 0.15) is 42.5 Å². The molecule has 2 aromatic rings. The number of nitrogens with zero attached hydrogens (tertiary/aromatic N) is 4. The molecule has 26 heavy (non-hydrogen) atoms. The van der Waals surface area contributed by atoms with Gasteiger partial charge in [0.05, 0.1) is 22.0 Å². The van der Waals surface area contributed by atoms with E-state index in [1.54, 1.807) is 0 Å². The van der Waals surface area contributed by atoms with Gasteiger partial charge in [-0.2, -0.15) is 14.6 Å². The number of hydrogen-bond acceptors (Lipinski definition) is 7. The van der Waals surface area contributed by atoms with E-state index in [1.807, 2.05) is 6.07 Å². The molecular weight excluding hydrogens is 380 g/mol. The summed E-state index contributed by atoms with van der Waals surface area (Å²) in [5, 5.41) is 23.7. The van der Waals surface area contributed by atoms with Crippen LogP contribution in [0.15, 0.2) is 27.6 Å². The molecule has 2 aliphatic rings. The van der Waals surface area contributed by atoms with Crippen LogP contribution in [-0.4, -0.2) is 41.1 Å². The van der Waals surface area contributed by atoms with E-state index >= 15 is 0 Å². The second kappa shape index (κ2) is 6.03. The molecule has 4 rings (SSSR count). The summed E-state index contributed by atoms with van der Waals surface area (Å²) < 4.78 is 32.0. The third-order valence-electron chi connectivity index (χ3n) is 4.69. The van der Waals surface area contributed by atoms with Gasteiger partial charge in [0.1, 0.15) is 6.07 Å². The van der Waals surface area contributed by atoms with E-state index in [-0.39, 0.29) is 46.8 Å². The van der Waals surface area contributed by atoms with Crippen molar-refractivity contribution in [3.63, 3.8) is 0 Å². The van der Waals surface area contributed by atoms with Crippen LogP contribution in [0.5, 0.6) is 0 Å². The molecule has 10 heteroatoms. The molecule has 0 unspecified atom stereocenters. The Bertz CT molecular complexity index is 1010. The highest BCUT2D eigenvalue weighted by Gasteiger charge is 2.47. The highest BCUT2D eigenvalue weighted by atomic mass is 35.5. The van der Waals surface area contributed by atoms with E-state index < -0.39 is 15.6 Å². The lowest BCUT2D eigenvalue weighted by Gasteiger charge is -2.19. The number of rotatable bonds is 4. The molecule has 1 aromatic heterocycles. The molecule has 2 fully saturated rings. The van der Waals surface area contributed by atoms with Crippen molar-refractivity contribution in [1.29, 1.82) is 5.26 Å². The van der Waals surface area contributed by atoms with Crippen LogP contribution in [-0.2, 0) is 15.6 Å². The van der Waals surface area contributed by atoms with Gasteiger partial charge >= 0.3 is 0 Å². The minimum atomic E-state index is -3.87. The monoisotopic (exact) mass is 394 g/mol. The zero-order valence-electron chi connectivity index (χ0n) is 13.6. The number of benzene rings is 1. The first kappa shape index (κ1) is 17.4. The Labute approximate surface area is 155 Å². The predicted octanol–water partition coefficient (Wildman–Crippen LogP) is 1.75. The topological polar surface area (TPSA) is 120 Å². The molecule has 2 heterocycles. The van der Waals surface area contributed by atoms with Gasteiger partial charge in [-0.1, -0.05) is 16.8 Å². The fraction of sp³-hybridized carbons (Fsp3) is 0.438. The molecule has 1 atom stereocenters. The largest absolute Gasteiger partial charge is 0.379 e. The number of sulfonamides is 1. The maximum absolute atomic E-state index is 12.8. The lowest BCUT2D eigenvalue weighted by atomic mass is 10.0. The van der Waals surface area contributed by atoms with Gasteiger partial charge in [-0.05, 0) is 31.0 Å². The summed E-state index contributed by atoms with van der Waals surface area (Å²) in [6.45, 7) is -0.0726. The Morgan fingerprint density at radius 2 is 2.19 bits per heavy atom. The van der Waals surface area contributed by atoms with E-state index in [0.717, 1.165) is 17.1 Å². The molecule has 136 valence electrons. The third-order valence-corrected chi connectivity index (χ3v) is 6.85. The first-order valence-electron chi connectivity index (χ1n) is 8.10. The van der Waals surface area contributed by atoms with Crippen molar-refractivity contribution in [2.45, 2.75) is 35.7 Å². The lowest BCUT2D eigenvalue weighted by Crippen LogP contribution is -2.34. The summed E-state index contributed by atoms with van der Waals surface area (Å²) in [6.07, 6.45) is 2.15. The van der Waals surface area contributed by atoms with E-state index in [0.29, 0.717) is 5.82 Å². The summed E-state index contributed by atoms with van der Waals surface area (Å²) in [5.41, 5.74) is -1.31. The molecule has 1 aliphatic heterocycles. The minimum Gasteiger partial charge on any atom is -0.379 e. The molecule has 0 radical (unpaired) electrons. The van der Waals surface area contributed by atoms with Crippen LogP contribution in [0.3, 0.4) is 0 Å². The van der Waals surface area contributed by atoms with Crippen molar-refractivity contribution in [3.05, 3.63) is 40.5 Å². The summed E-state index contributed by atoms with van der Waals surface area (Å²) in [7, 11) is -3.87. The lowest BCUT2D eigenvalue weighted by molar-refractivity contribution is 0.0194. The van der Waals surface area contributed by atoms with Crippen LogP contribution in [0.25, 0.3) is 0 Å². The smallest absolute Gasteiger partial charge is 0.260 e. The Balaban J connectivity index is 1.58. The number of β-amino-alcohol motifs (C(OH)–C–C–N with tert-alkyl or cyclic N) is 1. The van der Waals surface area contributed by atoms with Crippen molar-refractivity contribution >= 4 is 21.6 Å². The second-order valence-corrected chi connectivity index (χ2v) is 8.95. The Morgan fingerprint density at radius 1 is 1.42 bits per heavy atom. The van der Waals surface area contributed by atoms with Crippen LogP contribution >= 0.6 is 11.6 Å². The molecule has 1 aliphatic carbocycles. The third kappa shape index (κ3) is 2.89. The average molecular weight is 395 g/mol. The zero-order chi connectivity index (χ0) is 18.5. The molecule has 0 bridgehead atoms. The van der Waals surface area contributed by atoms with Gasteiger partial charge in [-0.25, -0.2) is 8.42 Å². The van der Waals surface area contributed by atoms with Gasteiger partial charge in [0.2, 0.25) is 10.0 Å². The first-order valence-corrected chi connectivity index (χ1v) is 9.91. The van der Waals surface area contributed by atoms with Gasteiger partial charge in [0.25, 0.3) is 5.89 Å². The number of aromatic nitrogens is 2. The fourth-order valence-electron chi connectivity index (χ4n) is 2.97. The highest BCUT2D eigenvalue weighted by molar-refractivity contribution is 7.89. The van der Waals surface area contributed by atoms with E-state index in [2.05, 4.69) is 10.1 Å².